The van der Waals surface area contributed by atoms with Gasteiger partial charge in [0, 0.05) is 29.9 Å². The standard InChI is InChI=1S/C36H46N4O10/c1-35(2,3)50-34(45)38-25-13-11-9-7-8-10-12-21-19-36(21,33(44)48-6)39-30(41)28-17-23(20-40(28)31(25)42)49-29-18-27(32(43)47-5)37-26-16-22(46-4)14-15-24(26)29/h10,12,14-16,18,21,23,25,28H,7-9,11,13,17,19-20H2,1-6H3,(H,38,45)(H,39,41)/t21-,23-,25+,28+,36-/m1/s1. The van der Waals surface area contributed by atoms with Gasteiger partial charge in [0.2, 0.25) is 11.8 Å². The summed E-state index contributed by atoms with van der Waals surface area (Å²) in [6.07, 6.45) is 6.28. The van der Waals surface area contributed by atoms with Crippen LogP contribution in [0.3, 0.4) is 0 Å². The first-order valence-electron chi connectivity index (χ1n) is 16.9. The van der Waals surface area contributed by atoms with Gasteiger partial charge in [0.05, 0.1) is 33.4 Å². The van der Waals surface area contributed by atoms with Crippen LogP contribution in [0.5, 0.6) is 11.5 Å². The smallest absolute Gasteiger partial charge is 0.408 e. The van der Waals surface area contributed by atoms with Gasteiger partial charge in [-0.15, -0.1) is 0 Å². The molecule has 3 aliphatic rings. The van der Waals surface area contributed by atoms with Crippen molar-refractivity contribution < 1.29 is 47.7 Å². The van der Waals surface area contributed by atoms with Crippen LogP contribution in [-0.2, 0) is 28.6 Å². The van der Waals surface area contributed by atoms with E-state index in [9.17, 15) is 24.0 Å². The first kappa shape index (κ1) is 36.4. The zero-order chi connectivity index (χ0) is 36.2. The fraction of sp³-hybridized carbons (Fsp3) is 0.556. The summed E-state index contributed by atoms with van der Waals surface area (Å²) in [6, 6.07) is 4.54. The molecule has 270 valence electrons. The molecule has 0 unspecified atom stereocenters. The fourth-order valence-electron chi connectivity index (χ4n) is 6.55. The van der Waals surface area contributed by atoms with Crippen LogP contribution in [0.1, 0.15) is 76.2 Å². The third-order valence-corrected chi connectivity index (χ3v) is 9.15. The van der Waals surface area contributed by atoms with E-state index >= 15 is 0 Å². The Hall–Kier alpha value is -4.88. The fourth-order valence-corrected chi connectivity index (χ4v) is 6.55. The molecule has 5 rings (SSSR count). The van der Waals surface area contributed by atoms with E-state index in [4.69, 9.17) is 23.7 Å². The lowest BCUT2D eigenvalue weighted by Gasteiger charge is -2.30. The Morgan fingerprint density at radius 2 is 1.82 bits per heavy atom. The number of hydrogen-bond acceptors (Lipinski definition) is 11. The predicted octanol–water partition coefficient (Wildman–Crippen LogP) is 3.84. The highest BCUT2D eigenvalue weighted by Gasteiger charge is 2.62. The largest absolute Gasteiger partial charge is 0.497 e. The zero-order valence-electron chi connectivity index (χ0n) is 29.4. The van der Waals surface area contributed by atoms with Crippen LogP contribution >= 0.6 is 0 Å². The van der Waals surface area contributed by atoms with E-state index in [2.05, 4.69) is 15.6 Å². The van der Waals surface area contributed by atoms with E-state index in [0.717, 1.165) is 19.3 Å². The number of methoxy groups -OCH3 is 3. The number of nitrogens with one attached hydrogen (secondary N) is 2. The number of fused-ring (bicyclic) bond motifs is 3. The highest BCUT2D eigenvalue weighted by Crippen LogP contribution is 2.46. The minimum atomic E-state index is -1.25. The van der Waals surface area contributed by atoms with Crippen molar-refractivity contribution in [1.82, 2.24) is 20.5 Å². The van der Waals surface area contributed by atoms with E-state index in [1.165, 1.54) is 32.3 Å². The number of pyridine rings is 1. The van der Waals surface area contributed by atoms with Gasteiger partial charge >= 0.3 is 18.0 Å². The topological polar surface area (TPSA) is 172 Å². The van der Waals surface area contributed by atoms with Crippen LogP contribution in [0.4, 0.5) is 4.79 Å². The molecule has 0 bridgehead atoms. The summed E-state index contributed by atoms with van der Waals surface area (Å²) in [5, 5.41) is 6.22. The lowest BCUT2D eigenvalue weighted by Crippen LogP contribution is -2.56. The molecule has 5 atom stereocenters. The molecule has 1 saturated carbocycles. The number of esters is 2. The lowest BCUT2D eigenvalue weighted by molar-refractivity contribution is -0.148. The van der Waals surface area contributed by atoms with E-state index in [-0.39, 0.29) is 24.6 Å². The Kier molecular flexibility index (Phi) is 10.9. The van der Waals surface area contributed by atoms with Crippen molar-refractivity contribution in [3.63, 3.8) is 0 Å². The summed E-state index contributed by atoms with van der Waals surface area (Å²) in [7, 11) is 4.03. The second-order valence-corrected chi connectivity index (χ2v) is 13.9. The molecule has 3 amide bonds. The van der Waals surface area contributed by atoms with Crippen LogP contribution in [0, 0.1) is 5.92 Å². The molecule has 1 aromatic heterocycles. The average molecular weight is 695 g/mol. The van der Waals surface area contributed by atoms with E-state index < -0.39 is 59.2 Å². The van der Waals surface area contributed by atoms with E-state index in [1.54, 1.807) is 39.0 Å². The van der Waals surface area contributed by atoms with Gasteiger partial charge in [0.1, 0.15) is 40.8 Å². The first-order chi connectivity index (χ1) is 23.8. The Labute approximate surface area is 291 Å². The molecule has 14 nitrogen and oxygen atoms in total. The zero-order valence-corrected chi connectivity index (χ0v) is 29.4. The monoisotopic (exact) mass is 694 g/mol. The Morgan fingerprint density at radius 1 is 1.04 bits per heavy atom. The van der Waals surface area contributed by atoms with Gasteiger partial charge in [-0.2, -0.15) is 0 Å². The van der Waals surface area contributed by atoms with Crippen molar-refractivity contribution in [2.24, 2.45) is 5.92 Å². The number of alkyl carbamates (subject to hydrolysis) is 1. The van der Waals surface area contributed by atoms with Crippen molar-refractivity contribution in [3.8, 4) is 11.5 Å². The van der Waals surface area contributed by atoms with Crippen LogP contribution in [0.25, 0.3) is 10.9 Å². The molecule has 14 heteroatoms. The molecule has 2 aromatic rings. The highest BCUT2D eigenvalue weighted by atomic mass is 16.6. The number of allylic oxidation sites excluding steroid dienone is 1. The molecule has 3 heterocycles. The molecule has 1 aliphatic carbocycles. The number of carbonyl (C=O) groups excluding carboxylic acids is 5. The van der Waals surface area contributed by atoms with Gasteiger partial charge in [-0.05, 0) is 58.6 Å². The molecule has 50 heavy (non-hydrogen) atoms. The molecular weight excluding hydrogens is 648 g/mol. The summed E-state index contributed by atoms with van der Waals surface area (Å²) in [5.41, 5.74) is -1.63. The van der Waals surface area contributed by atoms with Crippen molar-refractivity contribution in [3.05, 3.63) is 42.1 Å². The summed E-state index contributed by atoms with van der Waals surface area (Å²) in [5.74, 6) is -1.70. The van der Waals surface area contributed by atoms with Crippen molar-refractivity contribution >= 4 is 40.7 Å². The molecule has 0 radical (unpaired) electrons. The molecular formula is C36H46N4O10. The van der Waals surface area contributed by atoms with Crippen LogP contribution in [0.2, 0.25) is 0 Å². The third kappa shape index (κ3) is 8.11. The molecule has 1 saturated heterocycles. The van der Waals surface area contributed by atoms with Crippen LogP contribution in [-0.4, -0.2) is 96.9 Å². The summed E-state index contributed by atoms with van der Waals surface area (Å²) in [6.45, 7) is 5.17. The van der Waals surface area contributed by atoms with Gasteiger partial charge in [0.15, 0.2) is 5.69 Å². The number of amides is 3. The average Bonchev–Trinajstić information content (AvgIpc) is 3.60. The Balaban J connectivity index is 1.50. The van der Waals surface area contributed by atoms with Gasteiger partial charge in [-0.3, -0.25) is 9.59 Å². The molecule has 1 aromatic carbocycles. The third-order valence-electron chi connectivity index (χ3n) is 9.15. The molecule has 2 N–H and O–H groups in total. The number of aromatic nitrogens is 1. The van der Waals surface area contributed by atoms with Crippen LogP contribution in [0.15, 0.2) is 36.4 Å². The van der Waals surface area contributed by atoms with Crippen molar-refractivity contribution in [2.45, 2.75) is 95.0 Å². The van der Waals surface area contributed by atoms with Crippen LogP contribution < -0.4 is 20.1 Å². The van der Waals surface area contributed by atoms with E-state index in [0.29, 0.717) is 41.7 Å². The van der Waals surface area contributed by atoms with E-state index in [1.807, 2.05) is 12.2 Å². The van der Waals surface area contributed by atoms with Gasteiger partial charge in [-0.25, -0.2) is 19.4 Å². The maximum Gasteiger partial charge on any atom is 0.408 e. The number of rotatable bonds is 6. The Bertz CT molecular complexity index is 1670. The van der Waals surface area contributed by atoms with Gasteiger partial charge in [-0.1, -0.05) is 25.0 Å². The summed E-state index contributed by atoms with van der Waals surface area (Å²) >= 11 is 0. The minimum absolute atomic E-state index is 0.000565. The molecule has 0 spiro atoms. The second kappa shape index (κ2) is 14.9. The maximum absolute atomic E-state index is 14.4. The minimum Gasteiger partial charge on any atom is -0.497 e. The number of ether oxygens (including phenoxy) is 5. The normalized spacial score (nSPS) is 25.6. The highest BCUT2D eigenvalue weighted by molar-refractivity contribution is 5.97. The number of nitrogens with zero attached hydrogens (tertiary/aromatic N) is 2. The van der Waals surface area contributed by atoms with Gasteiger partial charge < -0.3 is 39.2 Å². The number of carbonyl (C=O) groups is 5. The number of benzene rings is 1. The maximum atomic E-state index is 14.4. The SMILES string of the molecule is COC(=O)c1cc(O[C@@H]2C[C@H]3C(=O)N[C@]4(C(=O)OC)C[C@H]4C=CCCCCC[C@H](NC(=O)OC(C)(C)C)C(=O)N3C2)c2ccc(OC)cc2n1. The predicted molar refractivity (Wildman–Crippen MR) is 181 cm³/mol. The first-order valence-corrected chi connectivity index (χ1v) is 16.9. The van der Waals surface area contributed by atoms with Crippen molar-refractivity contribution in [1.29, 1.82) is 0 Å². The quantitative estimate of drug-likeness (QED) is 0.256. The number of hydrogen-bond donors (Lipinski definition) is 2. The summed E-state index contributed by atoms with van der Waals surface area (Å²) < 4.78 is 27.3. The lowest BCUT2D eigenvalue weighted by atomic mass is 10.0. The molecule has 2 fully saturated rings. The molecule has 2 aliphatic heterocycles. The Morgan fingerprint density at radius 3 is 2.52 bits per heavy atom. The second-order valence-electron chi connectivity index (χ2n) is 13.9. The summed E-state index contributed by atoms with van der Waals surface area (Å²) in [4.78, 5) is 72.8. The van der Waals surface area contributed by atoms with Crippen molar-refractivity contribution in [2.75, 3.05) is 27.9 Å². The van der Waals surface area contributed by atoms with Gasteiger partial charge in [0.25, 0.3) is 0 Å².